The molecule has 0 aromatic heterocycles. The van der Waals surface area contributed by atoms with E-state index in [0.29, 0.717) is 0 Å². The highest BCUT2D eigenvalue weighted by atomic mass is 16.9. The van der Waals surface area contributed by atoms with Crippen LogP contribution in [0.25, 0.3) is 0 Å². The Morgan fingerprint density at radius 1 is 1.13 bits per heavy atom. The second-order valence-corrected chi connectivity index (χ2v) is 9.30. The van der Waals surface area contributed by atoms with Crippen LogP contribution in [0.3, 0.4) is 0 Å². The highest BCUT2D eigenvalue weighted by molar-refractivity contribution is 5.89. The molecule has 0 aliphatic carbocycles. The quantitative estimate of drug-likeness (QED) is 0.129. The molecule has 39 heavy (non-hydrogen) atoms. The van der Waals surface area contributed by atoms with Gasteiger partial charge >= 0.3 is 18.1 Å². The second-order valence-electron chi connectivity index (χ2n) is 9.30. The molecule has 0 bridgehead atoms. The van der Waals surface area contributed by atoms with E-state index >= 15 is 0 Å². The van der Waals surface area contributed by atoms with Gasteiger partial charge in [0, 0.05) is 6.92 Å². The lowest BCUT2D eigenvalue weighted by molar-refractivity contribution is -0.435. The van der Waals surface area contributed by atoms with E-state index in [1.54, 1.807) is 18.2 Å². The van der Waals surface area contributed by atoms with Crippen molar-refractivity contribution >= 4 is 18.0 Å². The molecule has 7 N–H and O–H groups in total. The number of rotatable bonds is 9. The van der Waals surface area contributed by atoms with Gasteiger partial charge in [0.15, 0.2) is 6.10 Å². The molecule has 2 fully saturated rings. The summed E-state index contributed by atoms with van der Waals surface area (Å²) in [7, 11) is 0. The second kappa shape index (κ2) is 13.0. The molecule has 0 saturated carbocycles. The molecule has 3 rings (SSSR count). The fraction of sp³-hybridized carbons (Fsp3) is 0.625. The monoisotopic (exact) mass is 559 g/mol. The predicted octanol–water partition coefficient (Wildman–Crippen LogP) is -1.91. The smallest absolute Gasteiger partial charge is 0.453 e. The first kappa shape index (κ1) is 30.6. The lowest BCUT2D eigenvalue weighted by atomic mass is 9.91. The molecule has 2 heterocycles. The number of benzene rings is 1. The van der Waals surface area contributed by atoms with Crippen molar-refractivity contribution in [3.05, 3.63) is 35.9 Å². The first-order valence-corrected chi connectivity index (χ1v) is 12.1. The third-order valence-corrected chi connectivity index (χ3v) is 6.34. The van der Waals surface area contributed by atoms with Gasteiger partial charge in [-0.05, 0) is 19.1 Å². The number of aliphatic hydroxyl groups excluding tert-OH is 5. The minimum atomic E-state index is -2.73. The molecule has 1 aromatic carbocycles. The Morgan fingerprint density at radius 3 is 2.38 bits per heavy atom. The maximum absolute atomic E-state index is 12.8. The minimum Gasteiger partial charge on any atom is -0.453 e. The van der Waals surface area contributed by atoms with Crippen LogP contribution in [0.5, 0.6) is 0 Å². The third kappa shape index (κ3) is 7.40. The molecule has 8 unspecified atom stereocenters. The van der Waals surface area contributed by atoms with Crippen molar-refractivity contribution in [2.45, 2.75) is 81.1 Å². The van der Waals surface area contributed by atoms with E-state index in [0.717, 1.165) is 6.92 Å². The Kier molecular flexibility index (Phi) is 10.2. The number of hydrogen-bond donors (Lipinski definition) is 7. The van der Waals surface area contributed by atoms with Gasteiger partial charge in [0.05, 0.1) is 43.4 Å². The zero-order chi connectivity index (χ0) is 28.9. The van der Waals surface area contributed by atoms with Gasteiger partial charge in [-0.15, -0.1) is 0 Å². The fourth-order valence-corrected chi connectivity index (χ4v) is 4.46. The van der Waals surface area contributed by atoms with E-state index in [1.165, 1.54) is 19.1 Å². The molecule has 2 saturated heterocycles. The number of esters is 1. The fourth-order valence-electron chi connectivity index (χ4n) is 4.46. The van der Waals surface area contributed by atoms with Crippen LogP contribution in [0.2, 0.25) is 0 Å². The van der Waals surface area contributed by atoms with E-state index in [1.807, 2.05) is 0 Å². The van der Waals surface area contributed by atoms with Crippen LogP contribution < -0.4 is 5.32 Å². The Bertz CT molecular complexity index is 994. The first-order valence-electron chi connectivity index (χ1n) is 12.1. The highest BCUT2D eigenvalue weighted by Gasteiger charge is 2.57. The number of carbonyl (C=O) groups is 3. The van der Waals surface area contributed by atoms with Crippen LogP contribution in [0, 0.1) is 0 Å². The van der Waals surface area contributed by atoms with Crippen LogP contribution in [-0.4, -0.2) is 123 Å². The van der Waals surface area contributed by atoms with Gasteiger partial charge in [0.25, 0.3) is 0 Å². The molecule has 218 valence electrons. The maximum Gasteiger partial charge on any atom is 0.510 e. The van der Waals surface area contributed by atoms with Crippen molar-refractivity contribution < 1.29 is 68.7 Å². The lowest BCUT2D eigenvalue weighted by Crippen LogP contribution is -2.68. The summed E-state index contributed by atoms with van der Waals surface area (Å²) in [6.07, 6.45) is -15.3. The number of amides is 1. The standard InChI is InChI=1S/C24H33NO14/c1-11-19(36-22(32)13-6-4-3-5-7-13)20(16(30)10-35-11)37-24(39-23(33)34)8-14(28)17(25-12(2)27)21(38-24)18(31)15(29)9-26/h3-7,11,14-21,26,28-31H,8-10H2,1-2H3,(H,25,27)(H,33,34)/t11?,14?,15-,16?,17?,18-,19?,20?,21?,24?/m1/s1. The molecule has 15 nitrogen and oxygen atoms in total. The van der Waals surface area contributed by atoms with Gasteiger partial charge in [0.2, 0.25) is 5.91 Å². The normalized spacial score (nSPS) is 34.4. The van der Waals surface area contributed by atoms with Crippen LogP contribution in [0.1, 0.15) is 30.6 Å². The van der Waals surface area contributed by atoms with Crippen molar-refractivity contribution in [2.24, 2.45) is 0 Å². The van der Waals surface area contributed by atoms with Crippen molar-refractivity contribution in [1.82, 2.24) is 5.32 Å². The summed E-state index contributed by atoms with van der Waals surface area (Å²) in [4.78, 5) is 36.2. The topological polar surface area (TPSA) is 231 Å². The highest BCUT2D eigenvalue weighted by Crippen LogP contribution is 2.37. The SMILES string of the molecule is CC(=O)NC1C(O)CC(OC(=O)O)(OC2C(O)COC(C)C2OC(=O)c2ccccc2)OC1[C@H](O)[C@H](O)CO. The lowest BCUT2D eigenvalue weighted by Gasteiger charge is -2.49. The van der Waals surface area contributed by atoms with Gasteiger partial charge in [-0.2, -0.15) is 0 Å². The van der Waals surface area contributed by atoms with Gasteiger partial charge in [0.1, 0.15) is 30.5 Å². The van der Waals surface area contributed by atoms with E-state index in [4.69, 9.17) is 23.7 Å². The Morgan fingerprint density at radius 2 is 1.79 bits per heavy atom. The van der Waals surface area contributed by atoms with E-state index in [2.05, 4.69) is 5.32 Å². The van der Waals surface area contributed by atoms with Crippen LogP contribution in [0.15, 0.2) is 30.3 Å². The summed E-state index contributed by atoms with van der Waals surface area (Å²) in [5, 5.41) is 63.3. The van der Waals surface area contributed by atoms with Crippen molar-refractivity contribution in [3.63, 3.8) is 0 Å². The molecule has 1 aromatic rings. The predicted molar refractivity (Wildman–Crippen MR) is 126 cm³/mol. The average Bonchev–Trinajstić information content (AvgIpc) is 2.88. The van der Waals surface area contributed by atoms with Gasteiger partial charge in [-0.25, -0.2) is 9.59 Å². The summed E-state index contributed by atoms with van der Waals surface area (Å²) in [5.41, 5.74) is 0.170. The molecule has 0 radical (unpaired) electrons. The summed E-state index contributed by atoms with van der Waals surface area (Å²) in [5.74, 6) is -4.20. The summed E-state index contributed by atoms with van der Waals surface area (Å²) >= 11 is 0. The number of ether oxygens (including phenoxy) is 5. The summed E-state index contributed by atoms with van der Waals surface area (Å²) in [6, 6.07) is 6.46. The zero-order valence-electron chi connectivity index (χ0n) is 21.2. The molecule has 1 amide bonds. The molecule has 0 spiro atoms. The van der Waals surface area contributed by atoms with Gasteiger partial charge in [-0.1, -0.05) is 18.2 Å². The molecule has 2 aliphatic rings. The van der Waals surface area contributed by atoms with Crippen LogP contribution in [-0.2, 0) is 28.5 Å². The van der Waals surface area contributed by atoms with Gasteiger partial charge < -0.3 is 59.6 Å². The molecular formula is C24H33NO14. The number of nitrogens with one attached hydrogen (secondary N) is 1. The van der Waals surface area contributed by atoms with Crippen LogP contribution >= 0.6 is 0 Å². The Labute approximate surface area is 222 Å². The van der Waals surface area contributed by atoms with E-state index in [-0.39, 0.29) is 12.2 Å². The molecule has 10 atom stereocenters. The van der Waals surface area contributed by atoms with Gasteiger partial charge in [-0.3, -0.25) is 4.79 Å². The Hall–Kier alpha value is -2.89. The number of hydrogen-bond acceptors (Lipinski definition) is 13. The number of aliphatic hydroxyl groups is 5. The Balaban J connectivity index is 1.96. The van der Waals surface area contributed by atoms with Crippen molar-refractivity contribution in [2.75, 3.05) is 13.2 Å². The summed E-state index contributed by atoms with van der Waals surface area (Å²) < 4.78 is 27.4. The summed E-state index contributed by atoms with van der Waals surface area (Å²) in [6.45, 7) is 1.35. The first-order chi connectivity index (χ1) is 18.4. The average molecular weight is 560 g/mol. The van der Waals surface area contributed by atoms with E-state index < -0.39 is 91.9 Å². The largest absolute Gasteiger partial charge is 0.510 e. The third-order valence-electron chi connectivity index (χ3n) is 6.34. The van der Waals surface area contributed by atoms with Crippen molar-refractivity contribution in [1.29, 1.82) is 0 Å². The maximum atomic E-state index is 12.8. The van der Waals surface area contributed by atoms with E-state index in [9.17, 15) is 45.0 Å². The molecular weight excluding hydrogens is 526 g/mol. The number of carboxylic acid groups (broad SMARTS) is 1. The molecule has 15 heteroatoms. The minimum absolute atomic E-state index is 0.170. The van der Waals surface area contributed by atoms with Crippen LogP contribution in [0.4, 0.5) is 4.79 Å². The zero-order valence-corrected chi connectivity index (χ0v) is 21.2. The molecule has 2 aliphatic heterocycles. The number of carbonyl (C=O) groups excluding carboxylic acids is 2. The van der Waals surface area contributed by atoms with Crippen molar-refractivity contribution in [3.8, 4) is 0 Å².